The molecular formula is C12H16F3N3. The van der Waals surface area contributed by atoms with E-state index in [-0.39, 0.29) is 6.42 Å². The Bertz CT molecular complexity index is 431. The summed E-state index contributed by atoms with van der Waals surface area (Å²) in [7, 11) is 0. The second kappa shape index (κ2) is 4.66. The second-order valence-corrected chi connectivity index (χ2v) is 4.59. The van der Waals surface area contributed by atoms with Gasteiger partial charge in [-0.05, 0) is 38.3 Å². The van der Waals surface area contributed by atoms with E-state index >= 15 is 0 Å². The van der Waals surface area contributed by atoms with Crippen LogP contribution in [0.3, 0.4) is 0 Å². The minimum Gasteiger partial charge on any atom is -0.397 e. The Morgan fingerprint density at radius 1 is 1.33 bits per heavy atom. The first kappa shape index (κ1) is 13.0. The summed E-state index contributed by atoms with van der Waals surface area (Å²) >= 11 is 0. The van der Waals surface area contributed by atoms with E-state index < -0.39 is 12.2 Å². The predicted octanol–water partition coefficient (Wildman–Crippen LogP) is 2.89. The van der Waals surface area contributed by atoms with E-state index in [1.54, 1.807) is 19.1 Å². The molecule has 2 rings (SSSR count). The fourth-order valence-electron chi connectivity index (χ4n) is 2.26. The molecule has 18 heavy (non-hydrogen) atoms. The van der Waals surface area contributed by atoms with Crippen molar-refractivity contribution in [2.45, 2.75) is 38.4 Å². The van der Waals surface area contributed by atoms with Gasteiger partial charge in [-0.15, -0.1) is 0 Å². The number of piperidine rings is 1. The van der Waals surface area contributed by atoms with Crippen molar-refractivity contribution in [2.75, 3.05) is 17.2 Å². The van der Waals surface area contributed by atoms with Crippen molar-refractivity contribution in [3.63, 3.8) is 0 Å². The van der Waals surface area contributed by atoms with Gasteiger partial charge < -0.3 is 10.6 Å². The molecule has 0 radical (unpaired) electrons. The van der Waals surface area contributed by atoms with Crippen LogP contribution >= 0.6 is 0 Å². The SMILES string of the molecule is Cc1nc(N2CCCCC2C(F)(F)F)ccc1N. The van der Waals surface area contributed by atoms with E-state index in [1.165, 1.54) is 4.90 Å². The summed E-state index contributed by atoms with van der Waals surface area (Å²) in [5, 5.41) is 0. The van der Waals surface area contributed by atoms with Crippen molar-refractivity contribution in [2.24, 2.45) is 0 Å². The van der Waals surface area contributed by atoms with Crippen molar-refractivity contribution in [3.8, 4) is 0 Å². The molecule has 1 atom stereocenters. The third-order valence-electron chi connectivity index (χ3n) is 3.29. The second-order valence-electron chi connectivity index (χ2n) is 4.59. The van der Waals surface area contributed by atoms with Crippen LogP contribution < -0.4 is 10.6 Å². The number of rotatable bonds is 1. The number of nitrogens with two attached hydrogens (primary N) is 1. The molecule has 0 aromatic carbocycles. The number of alkyl halides is 3. The summed E-state index contributed by atoms with van der Waals surface area (Å²) in [6, 6.07) is 1.74. The number of anilines is 2. The van der Waals surface area contributed by atoms with Crippen LogP contribution in [0.4, 0.5) is 24.7 Å². The molecule has 1 aliphatic rings. The highest BCUT2D eigenvalue weighted by Gasteiger charge is 2.44. The quantitative estimate of drug-likeness (QED) is 0.843. The highest BCUT2D eigenvalue weighted by Crippen LogP contribution is 2.34. The topological polar surface area (TPSA) is 42.2 Å². The van der Waals surface area contributed by atoms with Crippen LogP contribution in [0.2, 0.25) is 0 Å². The first-order chi connectivity index (χ1) is 8.39. The van der Waals surface area contributed by atoms with Crippen LogP contribution in [0.1, 0.15) is 25.0 Å². The largest absolute Gasteiger partial charge is 0.408 e. The number of aryl methyl sites for hydroxylation is 1. The molecule has 1 saturated heterocycles. The number of hydrogen-bond acceptors (Lipinski definition) is 3. The molecule has 2 N–H and O–H groups in total. The van der Waals surface area contributed by atoms with E-state index in [0.717, 1.165) is 6.42 Å². The molecular weight excluding hydrogens is 243 g/mol. The van der Waals surface area contributed by atoms with E-state index in [1.807, 2.05) is 0 Å². The maximum Gasteiger partial charge on any atom is 0.408 e. The van der Waals surface area contributed by atoms with E-state index in [4.69, 9.17) is 5.73 Å². The normalized spacial score (nSPS) is 21.1. The summed E-state index contributed by atoms with van der Waals surface area (Å²) in [6.45, 7) is 2.09. The molecule has 0 spiro atoms. The van der Waals surface area contributed by atoms with E-state index in [2.05, 4.69) is 4.98 Å². The van der Waals surface area contributed by atoms with Gasteiger partial charge in [0.25, 0.3) is 0 Å². The number of aromatic nitrogens is 1. The fraction of sp³-hybridized carbons (Fsp3) is 0.583. The average Bonchev–Trinajstić information content (AvgIpc) is 2.32. The predicted molar refractivity (Wildman–Crippen MR) is 64.4 cm³/mol. The third kappa shape index (κ3) is 2.52. The lowest BCUT2D eigenvalue weighted by Crippen LogP contribution is -2.49. The monoisotopic (exact) mass is 259 g/mol. The minimum atomic E-state index is -4.21. The summed E-state index contributed by atoms with van der Waals surface area (Å²) in [5.74, 6) is 0.365. The first-order valence-electron chi connectivity index (χ1n) is 5.96. The Balaban J connectivity index is 2.31. The van der Waals surface area contributed by atoms with Crippen LogP contribution in [0, 0.1) is 6.92 Å². The highest BCUT2D eigenvalue weighted by molar-refractivity contribution is 5.51. The molecule has 1 fully saturated rings. The van der Waals surface area contributed by atoms with Crippen molar-refractivity contribution < 1.29 is 13.2 Å². The third-order valence-corrected chi connectivity index (χ3v) is 3.29. The van der Waals surface area contributed by atoms with Crippen LogP contribution in [0.25, 0.3) is 0 Å². The number of hydrogen-bond donors (Lipinski definition) is 1. The van der Waals surface area contributed by atoms with Gasteiger partial charge in [-0.3, -0.25) is 0 Å². The summed E-state index contributed by atoms with van der Waals surface area (Å²) in [6.07, 6.45) is -2.71. The van der Waals surface area contributed by atoms with Gasteiger partial charge in [0.2, 0.25) is 0 Å². The molecule has 0 saturated carbocycles. The van der Waals surface area contributed by atoms with Crippen LogP contribution in [-0.4, -0.2) is 23.7 Å². The zero-order chi connectivity index (χ0) is 13.3. The van der Waals surface area contributed by atoms with Crippen molar-refractivity contribution in [1.82, 2.24) is 4.98 Å². The maximum absolute atomic E-state index is 13.0. The van der Waals surface area contributed by atoms with Crippen LogP contribution in [-0.2, 0) is 0 Å². The van der Waals surface area contributed by atoms with Gasteiger partial charge in [0.1, 0.15) is 11.9 Å². The number of halogens is 3. The van der Waals surface area contributed by atoms with Crippen molar-refractivity contribution >= 4 is 11.5 Å². The molecule has 2 heterocycles. The smallest absolute Gasteiger partial charge is 0.397 e. The van der Waals surface area contributed by atoms with Gasteiger partial charge in [-0.25, -0.2) is 4.98 Å². The van der Waals surface area contributed by atoms with Gasteiger partial charge in [0, 0.05) is 6.54 Å². The number of nitrogen functional groups attached to an aromatic ring is 1. The molecule has 0 amide bonds. The molecule has 1 aliphatic heterocycles. The molecule has 3 nitrogen and oxygen atoms in total. The Morgan fingerprint density at radius 3 is 2.67 bits per heavy atom. The zero-order valence-corrected chi connectivity index (χ0v) is 10.2. The van der Waals surface area contributed by atoms with Gasteiger partial charge >= 0.3 is 6.18 Å². The first-order valence-corrected chi connectivity index (χ1v) is 5.96. The van der Waals surface area contributed by atoms with Gasteiger partial charge in [-0.1, -0.05) is 0 Å². The number of pyridine rings is 1. The summed E-state index contributed by atoms with van der Waals surface area (Å²) in [4.78, 5) is 5.50. The minimum absolute atomic E-state index is 0.134. The van der Waals surface area contributed by atoms with E-state index in [0.29, 0.717) is 30.2 Å². The average molecular weight is 259 g/mol. The fourth-order valence-corrected chi connectivity index (χ4v) is 2.26. The Kier molecular flexibility index (Phi) is 3.36. The van der Waals surface area contributed by atoms with Gasteiger partial charge in [-0.2, -0.15) is 13.2 Å². The Hall–Kier alpha value is -1.46. The Labute approximate surface area is 104 Å². The Morgan fingerprint density at radius 2 is 2.06 bits per heavy atom. The summed E-state index contributed by atoms with van der Waals surface area (Å²) in [5.41, 5.74) is 6.70. The summed E-state index contributed by atoms with van der Waals surface area (Å²) < 4.78 is 38.9. The molecule has 0 bridgehead atoms. The number of nitrogens with zero attached hydrogens (tertiary/aromatic N) is 2. The van der Waals surface area contributed by atoms with E-state index in [9.17, 15) is 13.2 Å². The molecule has 1 unspecified atom stereocenters. The lowest BCUT2D eigenvalue weighted by atomic mass is 10.0. The molecule has 0 aliphatic carbocycles. The van der Waals surface area contributed by atoms with Gasteiger partial charge in [0.05, 0.1) is 11.4 Å². The van der Waals surface area contributed by atoms with Crippen LogP contribution in [0.5, 0.6) is 0 Å². The van der Waals surface area contributed by atoms with Crippen molar-refractivity contribution in [1.29, 1.82) is 0 Å². The lowest BCUT2D eigenvalue weighted by molar-refractivity contribution is -0.152. The standard InChI is InChI=1S/C12H16F3N3/c1-8-9(16)5-6-11(17-8)18-7-3-2-4-10(18)12(13,14)15/h5-6,10H,2-4,7,16H2,1H3. The lowest BCUT2D eigenvalue weighted by Gasteiger charge is -2.37. The molecule has 6 heteroatoms. The molecule has 1 aromatic rings. The molecule has 100 valence electrons. The molecule has 1 aromatic heterocycles. The maximum atomic E-state index is 13.0. The van der Waals surface area contributed by atoms with Gasteiger partial charge in [0.15, 0.2) is 0 Å². The zero-order valence-electron chi connectivity index (χ0n) is 10.2. The van der Waals surface area contributed by atoms with Crippen molar-refractivity contribution in [3.05, 3.63) is 17.8 Å². The highest BCUT2D eigenvalue weighted by atomic mass is 19.4. The van der Waals surface area contributed by atoms with Crippen LogP contribution in [0.15, 0.2) is 12.1 Å².